The highest BCUT2D eigenvalue weighted by molar-refractivity contribution is 7.47. The highest BCUT2D eigenvalue weighted by Gasteiger charge is 2.30. The number of aliphatic hydroxyl groups excluding tert-OH is 1. The summed E-state index contributed by atoms with van der Waals surface area (Å²) in [6.45, 7) is 4.48. The minimum absolute atomic E-state index is 0.0684. The summed E-state index contributed by atoms with van der Waals surface area (Å²) in [5.41, 5.74) is 0. The molecule has 0 aromatic rings. The number of aliphatic hydroxyl groups is 1. The van der Waals surface area contributed by atoms with E-state index in [4.69, 9.17) is 37.0 Å². The van der Waals surface area contributed by atoms with E-state index >= 15 is 0 Å². The molecule has 19 heteroatoms. The zero-order valence-electron chi connectivity index (χ0n) is 65.2. The van der Waals surface area contributed by atoms with Crippen LogP contribution >= 0.6 is 15.6 Å². The van der Waals surface area contributed by atoms with Crippen molar-refractivity contribution in [2.45, 2.75) is 341 Å². The van der Waals surface area contributed by atoms with Gasteiger partial charge in [0, 0.05) is 25.7 Å². The van der Waals surface area contributed by atoms with Crippen molar-refractivity contribution >= 4 is 39.5 Å². The Kier molecular flexibility index (Phi) is 72.9. The molecule has 3 N–H and O–H groups in total. The van der Waals surface area contributed by atoms with Crippen LogP contribution in [0.15, 0.2) is 134 Å². The van der Waals surface area contributed by atoms with Crippen molar-refractivity contribution in [3.05, 3.63) is 134 Å². The normalized spacial score (nSPS) is 14.6. The van der Waals surface area contributed by atoms with E-state index in [9.17, 15) is 43.2 Å². The first-order chi connectivity index (χ1) is 50.7. The van der Waals surface area contributed by atoms with Crippen molar-refractivity contribution in [2.75, 3.05) is 39.6 Å². The minimum Gasteiger partial charge on any atom is -0.462 e. The first-order valence-electron chi connectivity index (χ1n) is 40.4. The van der Waals surface area contributed by atoms with Crippen LogP contribution in [0.4, 0.5) is 0 Å². The predicted molar refractivity (Wildman–Crippen MR) is 427 cm³/mol. The molecule has 0 aliphatic rings. The molecule has 0 fully saturated rings. The zero-order chi connectivity index (χ0) is 76.0. The van der Waals surface area contributed by atoms with E-state index in [1.807, 2.05) is 0 Å². The van der Waals surface area contributed by atoms with Gasteiger partial charge in [0.15, 0.2) is 12.2 Å². The van der Waals surface area contributed by atoms with Crippen LogP contribution in [-0.4, -0.2) is 96.7 Å². The van der Waals surface area contributed by atoms with E-state index in [1.54, 1.807) is 0 Å². The molecule has 0 heterocycles. The van der Waals surface area contributed by atoms with Gasteiger partial charge in [0.2, 0.25) is 0 Å². The number of carbonyl (C=O) groups excluding carboxylic acids is 4. The number of ether oxygens (including phenoxy) is 4. The van der Waals surface area contributed by atoms with Gasteiger partial charge in [-0.05, 0) is 135 Å². The summed E-state index contributed by atoms with van der Waals surface area (Å²) in [7, 11) is -9.98. The maximum atomic E-state index is 13.1. The number of unbranched alkanes of at least 4 members (excludes halogenated alkanes) is 27. The fourth-order valence-electron chi connectivity index (χ4n) is 10.6. The van der Waals surface area contributed by atoms with Gasteiger partial charge in [-0.15, -0.1) is 0 Å². The SMILES string of the molecule is CC/C=C\C/C=C\C/C=C\C/C=C\CCCCCCCCC(=O)OCC(COP(=O)(O)OCC(O)COP(=O)(O)OCC(COC(=O)CCCC/C=C\C/C=C\C/C=C\C/C=C\CC)OC(=O)CCCCCCCCCCCCCCCCC)OC(=O)CCCCCCC/C=C\C/C=C\C/C=C\CC. The van der Waals surface area contributed by atoms with Crippen LogP contribution in [0, 0.1) is 0 Å². The summed E-state index contributed by atoms with van der Waals surface area (Å²) in [5.74, 6) is -2.25. The average molecular weight is 1500 g/mol. The van der Waals surface area contributed by atoms with Gasteiger partial charge in [-0.1, -0.05) is 296 Å². The zero-order valence-corrected chi connectivity index (χ0v) is 66.9. The molecule has 0 aromatic carbocycles. The lowest BCUT2D eigenvalue weighted by atomic mass is 10.0. The fraction of sp³-hybridized carbons (Fsp3) is 0.694. The van der Waals surface area contributed by atoms with Crippen molar-refractivity contribution < 1.29 is 80.2 Å². The first kappa shape index (κ1) is 99.2. The molecule has 0 saturated carbocycles. The lowest BCUT2D eigenvalue weighted by Gasteiger charge is -2.21. The quantitative estimate of drug-likeness (QED) is 0.0169. The van der Waals surface area contributed by atoms with Crippen molar-refractivity contribution in [3.8, 4) is 0 Å². The molecule has 17 nitrogen and oxygen atoms in total. The maximum absolute atomic E-state index is 13.1. The third kappa shape index (κ3) is 75.4. The number of esters is 4. The van der Waals surface area contributed by atoms with Gasteiger partial charge in [-0.3, -0.25) is 37.3 Å². The van der Waals surface area contributed by atoms with Crippen LogP contribution in [0.3, 0.4) is 0 Å². The molecule has 0 aliphatic carbocycles. The van der Waals surface area contributed by atoms with E-state index in [-0.39, 0.29) is 25.7 Å². The summed E-state index contributed by atoms with van der Waals surface area (Å²) in [4.78, 5) is 73.1. The van der Waals surface area contributed by atoms with Gasteiger partial charge in [0.25, 0.3) is 0 Å². The summed E-state index contributed by atoms with van der Waals surface area (Å²) in [5, 5.41) is 10.6. The molecule has 104 heavy (non-hydrogen) atoms. The van der Waals surface area contributed by atoms with E-state index in [0.29, 0.717) is 25.7 Å². The van der Waals surface area contributed by atoms with Crippen LogP contribution < -0.4 is 0 Å². The Labute approximate surface area is 631 Å². The molecule has 0 aliphatic heterocycles. The third-order valence-corrected chi connectivity index (χ3v) is 18.5. The summed E-state index contributed by atoms with van der Waals surface area (Å²) < 4.78 is 68.6. The monoisotopic (exact) mass is 1500 g/mol. The molecular weight excluding hydrogens is 1350 g/mol. The first-order valence-corrected chi connectivity index (χ1v) is 43.4. The van der Waals surface area contributed by atoms with Gasteiger partial charge < -0.3 is 33.8 Å². The van der Waals surface area contributed by atoms with Crippen LogP contribution in [-0.2, 0) is 65.4 Å². The number of rotatable bonds is 75. The predicted octanol–water partition coefficient (Wildman–Crippen LogP) is 23.7. The van der Waals surface area contributed by atoms with Crippen molar-refractivity contribution in [1.29, 1.82) is 0 Å². The van der Waals surface area contributed by atoms with Crippen molar-refractivity contribution in [1.82, 2.24) is 0 Å². The second kappa shape index (κ2) is 76.4. The van der Waals surface area contributed by atoms with E-state index in [2.05, 4.69) is 161 Å². The molecule has 0 radical (unpaired) electrons. The lowest BCUT2D eigenvalue weighted by Crippen LogP contribution is -2.30. The molecule has 5 unspecified atom stereocenters. The standard InChI is InChI=1S/C85H144O17P2/c1-5-9-13-17-21-25-29-33-37-38-39-40-44-46-50-54-58-62-66-70-83(88)96-76-81(102-85(90)72-68-64-60-56-52-48-43-36-32-28-24-20-16-12-8-4)78-100-104(93,94)98-74-79(86)73-97-103(91,92)99-77-80(101-84(89)71-67-63-59-55-51-47-42-35-31-27-23-19-15-11-7-3)75-95-82(87)69-65-61-57-53-49-45-41-34-30-26-22-18-14-10-6-2/h9-10,12-14,16,21-22,24-26,28,33-34,36-37,39-41,43,49,53,79-81,86H,5-8,11,15,17-20,23,27,29-32,35,38,42,44-48,50-52,54-78H2,1-4H3,(H,91,92)(H,93,94)/b13-9-,14-10-,16-12-,25-21-,26-22-,28-24-,37-33-,40-39-,41-34-,43-36-,53-49-. The average Bonchev–Trinajstić information content (AvgIpc) is 0.918. The van der Waals surface area contributed by atoms with E-state index in [1.165, 1.54) is 64.2 Å². The number of hydrogen-bond donors (Lipinski definition) is 3. The Bertz CT molecular complexity index is 2490. The molecule has 0 saturated heterocycles. The maximum Gasteiger partial charge on any atom is 0.472 e. The Morgan fingerprint density at radius 3 is 0.788 bits per heavy atom. The molecule has 5 atom stereocenters. The number of carbonyl (C=O) groups is 4. The second-order valence-electron chi connectivity index (χ2n) is 26.6. The van der Waals surface area contributed by atoms with Gasteiger partial charge in [0.05, 0.1) is 26.4 Å². The molecule has 0 aromatic heterocycles. The van der Waals surface area contributed by atoms with Gasteiger partial charge >= 0.3 is 39.5 Å². The highest BCUT2D eigenvalue weighted by atomic mass is 31.2. The number of hydrogen-bond acceptors (Lipinski definition) is 15. The third-order valence-electron chi connectivity index (χ3n) is 16.6. The lowest BCUT2D eigenvalue weighted by molar-refractivity contribution is -0.161. The largest absolute Gasteiger partial charge is 0.472 e. The molecule has 0 bridgehead atoms. The molecule has 0 spiro atoms. The van der Waals surface area contributed by atoms with Gasteiger partial charge in [-0.25, -0.2) is 9.13 Å². The Hall–Kier alpha value is -4.80. The molecule has 0 amide bonds. The smallest absolute Gasteiger partial charge is 0.462 e. The van der Waals surface area contributed by atoms with Crippen molar-refractivity contribution in [2.24, 2.45) is 0 Å². The van der Waals surface area contributed by atoms with Crippen LogP contribution in [0.2, 0.25) is 0 Å². The molecule has 596 valence electrons. The van der Waals surface area contributed by atoms with Crippen molar-refractivity contribution in [3.63, 3.8) is 0 Å². The Morgan fingerprint density at radius 2 is 0.500 bits per heavy atom. The number of phosphoric ester groups is 2. The number of phosphoric acid groups is 2. The van der Waals surface area contributed by atoms with Gasteiger partial charge in [0.1, 0.15) is 19.3 Å². The van der Waals surface area contributed by atoms with Crippen LogP contribution in [0.1, 0.15) is 323 Å². The molecule has 0 rings (SSSR count). The Morgan fingerprint density at radius 1 is 0.279 bits per heavy atom. The second-order valence-corrected chi connectivity index (χ2v) is 29.5. The van der Waals surface area contributed by atoms with Crippen LogP contribution in [0.25, 0.3) is 0 Å². The summed E-state index contributed by atoms with van der Waals surface area (Å²) in [6.07, 6.45) is 85.7. The summed E-state index contributed by atoms with van der Waals surface area (Å²) >= 11 is 0. The minimum atomic E-state index is -4.99. The molecular formula is C85H144O17P2. The Balaban J connectivity index is 5.40. The number of allylic oxidation sites excluding steroid dienone is 22. The highest BCUT2D eigenvalue weighted by Crippen LogP contribution is 2.45. The fourth-order valence-corrected chi connectivity index (χ4v) is 12.1. The van der Waals surface area contributed by atoms with E-state index in [0.717, 1.165) is 180 Å². The summed E-state index contributed by atoms with van der Waals surface area (Å²) in [6, 6.07) is 0. The van der Waals surface area contributed by atoms with Crippen LogP contribution in [0.5, 0.6) is 0 Å². The van der Waals surface area contributed by atoms with Gasteiger partial charge in [-0.2, -0.15) is 0 Å². The topological polar surface area (TPSA) is 237 Å². The van der Waals surface area contributed by atoms with E-state index < -0.39 is 97.5 Å².